The minimum atomic E-state index is 0.621. The minimum absolute atomic E-state index is 0.621. The molecule has 2 unspecified atom stereocenters. The van der Waals surface area contributed by atoms with Gasteiger partial charge < -0.3 is 5.73 Å². The third kappa shape index (κ3) is 5.39. The molecule has 2 atom stereocenters. The molecule has 0 aliphatic carbocycles. The van der Waals surface area contributed by atoms with E-state index in [9.17, 15) is 0 Å². The average molecular weight is 240 g/mol. The largest absolute Gasteiger partial charge is 0.329 e. The van der Waals surface area contributed by atoms with Gasteiger partial charge in [0.1, 0.15) is 0 Å². The van der Waals surface area contributed by atoms with Crippen molar-refractivity contribution >= 4 is 0 Å². The highest BCUT2D eigenvalue weighted by Crippen LogP contribution is 2.24. The van der Waals surface area contributed by atoms with E-state index in [0.717, 1.165) is 18.4 Å². The zero-order valence-electron chi connectivity index (χ0n) is 12.1. The lowest BCUT2D eigenvalue weighted by atomic mass is 9.96. The van der Waals surface area contributed by atoms with Gasteiger partial charge in [0.2, 0.25) is 0 Å². The maximum absolute atomic E-state index is 5.95. The van der Waals surface area contributed by atoms with Crippen molar-refractivity contribution in [2.75, 3.05) is 19.6 Å². The van der Waals surface area contributed by atoms with E-state index in [1.165, 1.54) is 51.6 Å². The van der Waals surface area contributed by atoms with E-state index >= 15 is 0 Å². The highest BCUT2D eigenvalue weighted by Gasteiger charge is 2.22. The van der Waals surface area contributed by atoms with Crippen molar-refractivity contribution < 1.29 is 0 Å². The first-order chi connectivity index (χ1) is 8.17. The van der Waals surface area contributed by atoms with Crippen LogP contribution in [-0.2, 0) is 0 Å². The van der Waals surface area contributed by atoms with Crippen molar-refractivity contribution in [2.45, 2.75) is 65.3 Å². The van der Waals surface area contributed by atoms with Crippen LogP contribution in [0.2, 0.25) is 0 Å². The van der Waals surface area contributed by atoms with Crippen LogP contribution in [0.15, 0.2) is 0 Å². The Hall–Kier alpha value is -0.0800. The Bertz CT molecular complexity index is 191. The van der Waals surface area contributed by atoms with Crippen molar-refractivity contribution in [3.8, 4) is 0 Å². The van der Waals surface area contributed by atoms with Crippen molar-refractivity contribution in [1.29, 1.82) is 0 Å². The van der Waals surface area contributed by atoms with Gasteiger partial charge in [-0.05, 0) is 50.6 Å². The summed E-state index contributed by atoms with van der Waals surface area (Å²) in [4.78, 5) is 2.66. The van der Waals surface area contributed by atoms with E-state index in [1.807, 2.05) is 0 Å². The molecule has 1 fully saturated rings. The molecule has 102 valence electrons. The molecular weight excluding hydrogens is 208 g/mol. The molecule has 0 amide bonds. The van der Waals surface area contributed by atoms with Gasteiger partial charge in [-0.25, -0.2) is 0 Å². The van der Waals surface area contributed by atoms with Gasteiger partial charge in [-0.15, -0.1) is 0 Å². The molecule has 2 nitrogen and oxygen atoms in total. The molecule has 2 N–H and O–H groups in total. The SMILES string of the molecule is CCCC1CCCN(C(CN)CC(C)C)CC1. The quantitative estimate of drug-likeness (QED) is 0.772. The molecule has 1 heterocycles. The molecular formula is C15H32N2. The van der Waals surface area contributed by atoms with E-state index in [2.05, 4.69) is 25.7 Å². The number of hydrogen-bond acceptors (Lipinski definition) is 2. The Kier molecular flexibility index (Phi) is 7.14. The normalized spacial score (nSPS) is 24.9. The fourth-order valence-electron chi connectivity index (χ4n) is 3.19. The summed E-state index contributed by atoms with van der Waals surface area (Å²) in [5.41, 5.74) is 5.95. The van der Waals surface area contributed by atoms with Gasteiger partial charge in [0, 0.05) is 12.6 Å². The fourth-order valence-corrected chi connectivity index (χ4v) is 3.19. The second kappa shape index (κ2) is 8.10. The van der Waals surface area contributed by atoms with Gasteiger partial charge in [-0.2, -0.15) is 0 Å². The molecule has 1 aliphatic rings. The summed E-state index contributed by atoms with van der Waals surface area (Å²) in [6.07, 6.45) is 8.22. The van der Waals surface area contributed by atoms with E-state index in [1.54, 1.807) is 0 Å². The summed E-state index contributed by atoms with van der Waals surface area (Å²) >= 11 is 0. The molecule has 0 aromatic carbocycles. The number of nitrogens with two attached hydrogens (primary N) is 1. The van der Waals surface area contributed by atoms with E-state index in [4.69, 9.17) is 5.73 Å². The summed E-state index contributed by atoms with van der Waals surface area (Å²) in [5, 5.41) is 0. The van der Waals surface area contributed by atoms with E-state index < -0.39 is 0 Å². The Balaban J connectivity index is 2.42. The number of nitrogens with zero attached hydrogens (tertiary/aromatic N) is 1. The standard InChI is InChI=1S/C15H32N2/c1-4-6-14-7-5-9-17(10-8-14)15(12-16)11-13(2)3/h13-15H,4-12,16H2,1-3H3. The molecule has 0 saturated carbocycles. The minimum Gasteiger partial charge on any atom is -0.329 e. The lowest BCUT2D eigenvalue weighted by molar-refractivity contribution is 0.181. The molecule has 1 rings (SSSR count). The first-order valence-electron chi connectivity index (χ1n) is 7.61. The van der Waals surface area contributed by atoms with Gasteiger partial charge in [-0.1, -0.05) is 33.6 Å². The van der Waals surface area contributed by atoms with Crippen LogP contribution in [0.5, 0.6) is 0 Å². The molecule has 0 aromatic heterocycles. The molecule has 1 saturated heterocycles. The molecule has 2 heteroatoms. The highest BCUT2D eigenvalue weighted by molar-refractivity contribution is 4.78. The lowest BCUT2D eigenvalue weighted by Crippen LogP contribution is -2.42. The Morgan fingerprint density at radius 2 is 2.00 bits per heavy atom. The maximum atomic E-state index is 5.95. The number of rotatable bonds is 6. The maximum Gasteiger partial charge on any atom is 0.0220 e. The average Bonchev–Trinajstić information content (AvgIpc) is 2.52. The second-order valence-electron chi connectivity index (χ2n) is 6.14. The Labute approximate surface area is 108 Å². The van der Waals surface area contributed by atoms with Crippen LogP contribution in [0.3, 0.4) is 0 Å². The smallest absolute Gasteiger partial charge is 0.0220 e. The van der Waals surface area contributed by atoms with Gasteiger partial charge in [-0.3, -0.25) is 4.90 Å². The molecule has 0 radical (unpaired) electrons. The van der Waals surface area contributed by atoms with Gasteiger partial charge in [0.05, 0.1) is 0 Å². The zero-order valence-corrected chi connectivity index (χ0v) is 12.1. The predicted octanol–water partition coefficient (Wildman–Crippen LogP) is 3.26. The van der Waals surface area contributed by atoms with Crippen molar-refractivity contribution in [3.05, 3.63) is 0 Å². The monoisotopic (exact) mass is 240 g/mol. The summed E-state index contributed by atoms with van der Waals surface area (Å²) in [5.74, 6) is 1.74. The number of hydrogen-bond donors (Lipinski definition) is 1. The fraction of sp³-hybridized carbons (Fsp3) is 1.00. The van der Waals surface area contributed by atoms with E-state index in [0.29, 0.717) is 6.04 Å². The van der Waals surface area contributed by atoms with Crippen LogP contribution >= 0.6 is 0 Å². The van der Waals surface area contributed by atoms with Crippen LogP contribution in [0.1, 0.15) is 59.3 Å². The zero-order chi connectivity index (χ0) is 12.7. The van der Waals surface area contributed by atoms with Gasteiger partial charge in [0.15, 0.2) is 0 Å². The van der Waals surface area contributed by atoms with Crippen molar-refractivity contribution in [1.82, 2.24) is 4.90 Å². The summed E-state index contributed by atoms with van der Waals surface area (Å²) in [6, 6.07) is 0.621. The van der Waals surface area contributed by atoms with Crippen LogP contribution in [0.25, 0.3) is 0 Å². The van der Waals surface area contributed by atoms with Crippen molar-refractivity contribution in [3.63, 3.8) is 0 Å². The topological polar surface area (TPSA) is 29.3 Å². The Morgan fingerprint density at radius 3 is 2.59 bits per heavy atom. The van der Waals surface area contributed by atoms with Crippen molar-refractivity contribution in [2.24, 2.45) is 17.6 Å². The third-order valence-corrected chi connectivity index (χ3v) is 4.11. The predicted molar refractivity (Wildman–Crippen MR) is 76.1 cm³/mol. The van der Waals surface area contributed by atoms with Gasteiger partial charge >= 0.3 is 0 Å². The Morgan fingerprint density at radius 1 is 1.24 bits per heavy atom. The number of likely N-dealkylation sites (tertiary alicyclic amines) is 1. The first kappa shape index (κ1) is 15.0. The lowest BCUT2D eigenvalue weighted by Gasteiger charge is -2.31. The molecule has 1 aliphatic heterocycles. The summed E-state index contributed by atoms with van der Waals surface area (Å²) in [6.45, 7) is 10.3. The molecule has 0 aromatic rings. The van der Waals surface area contributed by atoms with Crippen LogP contribution < -0.4 is 5.73 Å². The van der Waals surface area contributed by atoms with E-state index in [-0.39, 0.29) is 0 Å². The van der Waals surface area contributed by atoms with Crippen LogP contribution in [0, 0.1) is 11.8 Å². The summed E-state index contributed by atoms with van der Waals surface area (Å²) in [7, 11) is 0. The van der Waals surface area contributed by atoms with Crippen LogP contribution in [0.4, 0.5) is 0 Å². The molecule has 17 heavy (non-hydrogen) atoms. The molecule has 0 spiro atoms. The van der Waals surface area contributed by atoms with Crippen LogP contribution in [-0.4, -0.2) is 30.6 Å². The summed E-state index contributed by atoms with van der Waals surface area (Å²) < 4.78 is 0. The molecule has 0 bridgehead atoms. The highest BCUT2D eigenvalue weighted by atomic mass is 15.2. The first-order valence-corrected chi connectivity index (χ1v) is 7.61. The third-order valence-electron chi connectivity index (χ3n) is 4.11. The van der Waals surface area contributed by atoms with Gasteiger partial charge in [0.25, 0.3) is 0 Å². The second-order valence-corrected chi connectivity index (χ2v) is 6.14.